The molecule has 0 bridgehead atoms. The number of carboxylic acids is 1. The van der Waals surface area contributed by atoms with Crippen molar-refractivity contribution in [3.8, 4) is 11.5 Å². The lowest BCUT2D eigenvalue weighted by atomic mass is 10.3. The van der Waals surface area contributed by atoms with Gasteiger partial charge in [0.05, 0.1) is 6.61 Å². The summed E-state index contributed by atoms with van der Waals surface area (Å²) in [6.07, 6.45) is 0. The molecular formula is C10H11ClO4. The van der Waals surface area contributed by atoms with Gasteiger partial charge in [-0.2, -0.15) is 0 Å². The molecule has 0 atom stereocenters. The molecule has 0 heterocycles. The van der Waals surface area contributed by atoms with Crippen LogP contribution in [-0.2, 0) is 4.79 Å². The standard InChI is InChI=1S/C10H11ClO4/c1-2-14-9-5-7(11)3-4-8(9)15-6-10(12)13/h3-5H,2,6H2,1H3,(H,12,13). The second kappa shape index (κ2) is 5.46. The second-order valence-corrected chi connectivity index (χ2v) is 3.14. The predicted molar refractivity (Wildman–Crippen MR) is 55.8 cm³/mol. The third kappa shape index (κ3) is 3.67. The zero-order valence-corrected chi connectivity index (χ0v) is 8.95. The Bertz CT molecular complexity index is 351. The van der Waals surface area contributed by atoms with Gasteiger partial charge in [-0.05, 0) is 19.1 Å². The van der Waals surface area contributed by atoms with Crippen LogP contribution in [0.2, 0.25) is 5.02 Å². The highest BCUT2D eigenvalue weighted by atomic mass is 35.5. The highest BCUT2D eigenvalue weighted by molar-refractivity contribution is 6.30. The maximum absolute atomic E-state index is 10.3. The first-order chi connectivity index (χ1) is 7.13. The number of carboxylic acid groups (broad SMARTS) is 1. The van der Waals surface area contributed by atoms with E-state index in [-0.39, 0.29) is 0 Å². The second-order valence-electron chi connectivity index (χ2n) is 2.71. The molecule has 0 saturated heterocycles. The maximum atomic E-state index is 10.3. The fraction of sp³-hybridized carbons (Fsp3) is 0.300. The molecule has 5 heteroatoms. The number of aliphatic carboxylic acids is 1. The Labute approximate surface area is 92.4 Å². The first kappa shape index (κ1) is 11.7. The van der Waals surface area contributed by atoms with E-state index in [1.54, 1.807) is 18.2 Å². The molecule has 1 aromatic rings. The lowest BCUT2D eigenvalue weighted by Crippen LogP contribution is -2.10. The van der Waals surface area contributed by atoms with Crippen molar-refractivity contribution in [3.05, 3.63) is 23.2 Å². The van der Waals surface area contributed by atoms with Crippen molar-refractivity contribution in [1.82, 2.24) is 0 Å². The Kier molecular flexibility index (Phi) is 4.24. The van der Waals surface area contributed by atoms with Crippen LogP contribution in [0.3, 0.4) is 0 Å². The molecular weight excluding hydrogens is 220 g/mol. The van der Waals surface area contributed by atoms with E-state index in [9.17, 15) is 4.79 Å². The number of hydrogen-bond donors (Lipinski definition) is 1. The summed E-state index contributed by atoms with van der Waals surface area (Å²) in [5.74, 6) is -0.206. The number of halogens is 1. The average Bonchev–Trinajstić information content (AvgIpc) is 2.17. The third-order valence-electron chi connectivity index (χ3n) is 1.56. The Balaban J connectivity index is 2.80. The van der Waals surface area contributed by atoms with E-state index in [0.29, 0.717) is 23.1 Å². The van der Waals surface area contributed by atoms with Gasteiger partial charge < -0.3 is 14.6 Å². The van der Waals surface area contributed by atoms with E-state index in [1.807, 2.05) is 6.92 Å². The van der Waals surface area contributed by atoms with Crippen molar-refractivity contribution < 1.29 is 19.4 Å². The lowest BCUT2D eigenvalue weighted by molar-refractivity contribution is -0.139. The van der Waals surface area contributed by atoms with Crippen LogP contribution in [0, 0.1) is 0 Å². The SMILES string of the molecule is CCOc1cc(Cl)ccc1OCC(=O)O. The summed E-state index contributed by atoms with van der Waals surface area (Å²) < 4.78 is 10.3. The summed E-state index contributed by atoms with van der Waals surface area (Å²) in [5.41, 5.74) is 0. The van der Waals surface area contributed by atoms with E-state index in [2.05, 4.69) is 0 Å². The van der Waals surface area contributed by atoms with Gasteiger partial charge >= 0.3 is 5.97 Å². The minimum absolute atomic E-state index is 0.378. The normalized spacial score (nSPS) is 9.73. The minimum Gasteiger partial charge on any atom is -0.490 e. The summed E-state index contributed by atoms with van der Waals surface area (Å²) in [7, 11) is 0. The van der Waals surface area contributed by atoms with Crippen LogP contribution in [0.25, 0.3) is 0 Å². The smallest absolute Gasteiger partial charge is 0.341 e. The van der Waals surface area contributed by atoms with Crippen molar-refractivity contribution >= 4 is 17.6 Å². The van der Waals surface area contributed by atoms with E-state index in [0.717, 1.165) is 0 Å². The summed E-state index contributed by atoms with van der Waals surface area (Å²) >= 11 is 5.76. The van der Waals surface area contributed by atoms with Gasteiger partial charge in [-0.1, -0.05) is 11.6 Å². The lowest BCUT2D eigenvalue weighted by Gasteiger charge is -2.10. The van der Waals surface area contributed by atoms with Crippen LogP contribution in [-0.4, -0.2) is 24.3 Å². The van der Waals surface area contributed by atoms with Gasteiger partial charge in [0, 0.05) is 11.1 Å². The van der Waals surface area contributed by atoms with Gasteiger partial charge in [0.1, 0.15) is 0 Å². The number of rotatable bonds is 5. The van der Waals surface area contributed by atoms with E-state index in [1.165, 1.54) is 0 Å². The summed E-state index contributed by atoms with van der Waals surface area (Å²) in [5, 5.41) is 8.97. The fourth-order valence-electron chi connectivity index (χ4n) is 1.01. The third-order valence-corrected chi connectivity index (χ3v) is 1.79. The van der Waals surface area contributed by atoms with Gasteiger partial charge in [-0.3, -0.25) is 0 Å². The quantitative estimate of drug-likeness (QED) is 0.843. The van der Waals surface area contributed by atoms with Crippen molar-refractivity contribution in [2.24, 2.45) is 0 Å². The van der Waals surface area contributed by atoms with Crippen molar-refractivity contribution in [1.29, 1.82) is 0 Å². The summed E-state index contributed by atoms with van der Waals surface area (Å²) in [6.45, 7) is 1.88. The van der Waals surface area contributed by atoms with Gasteiger partial charge in [0.15, 0.2) is 18.1 Å². The van der Waals surface area contributed by atoms with E-state index in [4.69, 9.17) is 26.2 Å². The van der Waals surface area contributed by atoms with Crippen LogP contribution in [0.4, 0.5) is 0 Å². The number of carbonyl (C=O) groups is 1. The largest absolute Gasteiger partial charge is 0.490 e. The molecule has 15 heavy (non-hydrogen) atoms. The number of benzene rings is 1. The Morgan fingerprint density at radius 2 is 2.13 bits per heavy atom. The maximum Gasteiger partial charge on any atom is 0.341 e. The summed E-state index contributed by atoms with van der Waals surface area (Å²) in [4.78, 5) is 10.3. The summed E-state index contributed by atoms with van der Waals surface area (Å²) in [6, 6.07) is 4.78. The fourth-order valence-corrected chi connectivity index (χ4v) is 1.17. The van der Waals surface area contributed by atoms with Gasteiger partial charge in [-0.25, -0.2) is 4.79 Å². The molecule has 0 aliphatic carbocycles. The zero-order valence-electron chi connectivity index (χ0n) is 8.20. The Hall–Kier alpha value is -1.42. The first-order valence-electron chi connectivity index (χ1n) is 4.40. The molecule has 1 N–H and O–H groups in total. The molecule has 0 fully saturated rings. The molecule has 1 aromatic carbocycles. The topological polar surface area (TPSA) is 55.8 Å². The van der Waals surface area contributed by atoms with Crippen LogP contribution in [0.1, 0.15) is 6.92 Å². The molecule has 0 aromatic heterocycles. The molecule has 0 spiro atoms. The number of hydrogen-bond acceptors (Lipinski definition) is 3. The molecule has 1 rings (SSSR count). The first-order valence-corrected chi connectivity index (χ1v) is 4.78. The van der Waals surface area contributed by atoms with Crippen LogP contribution >= 0.6 is 11.6 Å². The molecule has 0 saturated carbocycles. The minimum atomic E-state index is -1.03. The molecule has 0 amide bonds. The van der Waals surface area contributed by atoms with Crippen LogP contribution in [0.15, 0.2) is 18.2 Å². The van der Waals surface area contributed by atoms with Crippen molar-refractivity contribution in [2.45, 2.75) is 6.92 Å². The van der Waals surface area contributed by atoms with Crippen molar-refractivity contribution in [2.75, 3.05) is 13.2 Å². The molecule has 0 radical (unpaired) electrons. The number of ether oxygens (including phenoxy) is 2. The Morgan fingerprint density at radius 1 is 1.40 bits per heavy atom. The molecule has 0 aliphatic heterocycles. The highest BCUT2D eigenvalue weighted by Gasteiger charge is 2.07. The monoisotopic (exact) mass is 230 g/mol. The van der Waals surface area contributed by atoms with Gasteiger partial charge in [0.2, 0.25) is 0 Å². The predicted octanol–water partition coefficient (Wildman–Crippen LogP) is 2.20. The highest BCUT2D eigenvalue weighted by Crippen LogP contribution is 2.30. The molecule has 0 unspecified atom stereocenters. The zero-order chi connectivity index (χ0) is 11.3. The average molecular weight is 231 g/mol. The van der Waals surface area contributed by atoms with Gasteiger partial charge in [-0.15, -0.1) is 0 Å². The van der Waals surface area contributed by atoms with Gasteiger partial charge in [0.25, 0.3) is 0 Å². The van der Waals surface area contributed by atoms with Crippen LogP contribution < -0.4 is 9.47 Å². The van der Waals surface area contributed by atoms with Crippen molar-refractivity contribution in [3.63, 3.8) is 0 Å². The molecule has 4 nitrogen and oxygen atoms in total. The molecule has 82 valence electrons. The van der Waals surface area contributed by atoms with Crippen LogP contribution in [0.5, 0.6) is 11.5 Å². The molecule has 0 aliphatic rings. The van der Waals surface area contributed by atoms with E-state index < -0.39 is 12.6 Å². The van der Waals surface area contributed by atoms with E-state index >= 15 is 0 Å². The Morgan fingerprint density at radius 3 is 2.73 bits per heavy atom.